The van der Waals surface area contributed by atoms with Crippen molar-refractivity contribution in [2.24, 2.45) is 5.14 Å². The number of hydrogen-bond acceptors (Lipinski definition) is 4. The molecule has 0 fully saturated rings. The molecule has 0 atom stereocenters. The van der Waals surface area contributed by atoms with Crippen molar-refractivity contribution < 1.29 is 17.2 Å². The van der Waals surface area contributed by atoms with Crippen molar-refractivity contribution >= 4 is 10.0 Å². The predicted octanol–water partition coefficient (Wildman–Crippen LogP) is 4.69. The monoisotopic (exact) mass is 422 g/mol. The number of aryl methyl sites for hydroxylation is 1. The van der Waals surface area contributed by atoms with Crippen LogP contribution in [0.3, 0.4) is 0 Å². The molecule has 0 aliphatic heterocycles. The quantitative estimate of drug-likeness (QED) is 0.505. The molecule has 1 heterocycles. The Morgan fingerprint density at radius 2 is 1.67 bits per heavy atom. The van der Waals surface area contributed by atoms with Crippen LogP contribution in [-0.4, -0.2) is 13.4 Å². The Morgan fingerprint density at radius 1 is 0.967 bits per heavy atom. The lowest BCUT2D eigenvalue weighted by molar-refractivity contribution is 0.517. The summed E-state index contributed by atoms with van der Waals surface area (Å²) in [7, 11) is -4.03. The van der Waals surface area contributed by atoms with Crippen molar-refractivity contribution in [1.29, 1.82) is 0 Å². The number of oxazole rings is 1. The molecule has 1 aromatic heterocycles. The van der Waals surface area contributed by atoms with Crippen molar-refractivity contribution in [2.45, 2.75) is 18.2 Å². The van der Waals surface area contributed by atoms with Crippen LogP contribution in [0.5, 0.6) is 0 Å². The molecule has 0 radical (unpaired) electrons. The van der Waals surface area contributed by atoms with Crippen LogP contribution in [-0.2, 0) is 16.4 Å². The van der Waals surface area contributed by atoms with Gasteiger partial charge in [0.1, 0.15) is 11.5 Å². The van der Waals surface area contributed by atoms with Crippen LogP contribution in [0.4, 0.5) is 4.39 Å². The van der Waals surface area contributed by atoms with Gasteiger partial charge in [-0.2, -0.15) is 0 Å². The summed E-state index contributed by atoms with van der Waals surface area (Å²) < 4.78 is 45.0. The van der Waals surface area contributed by atoms with Gasteiger partial charge in [0.25, 0.3) is 0 Å². The molecule has 0 bridgehead atoms. The summed E-state index contributed by atoms with van der Waals surface area (Å²) in [5.74, 6) is 0.0348. The number of nitrogens with two attached hydrogens (primary N) is 1. The van der Waals surface area contributed by atoms with Gasteiger partial charge in [0.15, 0.2) is 11.7 Å². The summed E-state index contributed by atoms with van der Waals surface area (Å²) >= 11 is 0. The van der Waals surface area contributed by atoms with Gasteiger partial charge >= 0.3 is 0 Å². The molecule has 3 aromatic carbocycles. The summed E-state index contributed by atoms with van der Waals surface area (Å²) in [6.07, 6.45) is 0.374. The average Bonchev–Trinajstić information content (AvgIpc) is 3.11. The summed E-state index contributed by atoms with van der Waals surface area (Å²) in [5.41, 5.74) is 2.41. The third kappa shape index (κ3) is 4.03. The van der Waals surface area contributed by atoms with Crippen molar-refractivity contribution in [3.63, 3.8) is 0 Å². The van der Waals surface area contributed by atoms with Gasteiger partial charge in [-0.1, -0.05) is 48.5 Å². The van der Waals surface area contributed by atoms with E-state index in [1.807, 2.05) is 30.3 Å². The zero-order valence-corrected chi connectivity index (χ0v) is 17.0. The van der Waals surface area contributed by atoms with Crippen molar-refractivity contribution in [3.8, 4) is 22.6 Å². The molecule has 5 nitrogen and oxygen atoms in total. The molecule has 7 heteroatoms. The molecule has 0 saturated heterocycles. The van der Waals surface area contributed by atoms with Crippen LogP contribution in [0.2, 0.25) is 0 Å². The number of nitrogens with zero attached hydrogens (tertiary/aromatic N) is 1. The van der Waals surface area contributed by atoms with Gasteiger partial charge in [0.2, 0.25) is 10.0 Å². The van der Waals surface area contributed by atoms with E-state index >= 15 is 0 Å². The number of primary sulfonamides is 1. The van der Waals surface area contributed by atoms with Crippen molar-refractivity contribution in [2.75, 3.05) is 0 Å². The lowest BCUT2D eigenvalue weighted by Gasteiger charge is -2.07. The highest BCUT2D eigenvalue weighted by molar-refractivity contribution is 7.89. The van der Waals surface area contributed by atoms with E-state index < -0.39 is 15.8 Å². The Labute approximate surface area is 174 Å². The van der Waals surface area contributed by atoms with E-state index in [-0.39, 0.29) is 27.5 Å². The lowest BCUT2D eigenvalue weighted by atomic mass is 10.0. The third-order valence-corrected chi connectivity index (χ3v) is 5.66. The highest BCUT2D eigenvalue weighted by Gasteiger charge is 2.24. The highest BCUT2D eigenvalue weighted by Crippen LogP contribution is 2.37. The van der Waals surface area contributed by atoms with Gasteiger partial charge < -0.3 is 4.42 Å². The fraction of sp³-hybridized carbons (Fsp3) is 0.0870. The first-order valence-electron chi connectivity index (χ1n) is 9.25. The third-order valence-electron chi connectivity index (χ3n) is 4.69. The Morgan fingerprint density at radius 3 is 2.37 bits per heavy atom. The van der Waals surface area contributed by atoms with Crippen LogP contribution in [0.25, 0.3) is 22.6 Å². The molecule has 2 N–H and O–H groups in total. The van der Waals surface area contributed by atoms with Crippen molar-refractivity contribution in [1.82, 2.24) is 4.98 Å². The second-order valence-corrected chi connectivity index (χ2v) is 8.50. The largest absolute Gasteiger partial charge is 0.440 e. The van der Waals surface area contributed by atoms with Gasteiger partial charge in [-0.3, -0.25) is 0 Å². The topological polar surface area (TPSA) is 86.2 Å². The zero-order chi connectivity index (χ0) is 21.3. The minimum atomic E-state index is -4.03. The molecule has 0 spiro atoms. The molecule has 4 rings (SSSR count). The van der Waals surface area contributed by atoms with E-state index in [1.165, 1.54) is 12.1 Å². The summed E-state index contributed by atoms with van der Waals surface area (Å²) in [6, 6.07) is 20.5. The molecule has 4 aromatic rings. The van der Waals surface area contributed by atoms with Crippen LogP contribution in [0.1, 0.15) is 17.0 Å². The Balaban J connectivity index is 1.93. The first-order valence-corrected chi connectivity index (χ1v) is 10.8. The second-order valence-electron chi connectivity index (χ2n) is 6.97. The first kappa shape index (κ1) is 20.0. The molecule has 0 aliphatic rings. The Kier molecular flexibility index (Phi) is 5.24. The van der Waals surface area contributed by atoms with E-state index in [0.29, 0.717) is 12.3 Å². The van der Waals surface area contributed by atoms with E-state index in [4.69, 9.17) is 9.56 Å². The second kappa shape index (κ2) is 7.85. The van der Waals surface area contributed by atoms with E-state index in [2.05, 4.69) is 4.98 Å². The highest BCUT2D eigenvalue weighted by atomic mass is 32.2. The van der Waals surface area contributed by atoms with Crippen LogP contribution < -0.4 is 5.14 Å². The minimum absolute atomic E-state index is 0.110. The molecule has 152 valence electrons. The number of rotatable bonds is 5. The normalized spacial score (nSPS) is 11.6. The van der Waals surface area contributed by atoms with Crippen LogP contribution in [0.15, 0.2) is 82.1 Å². The molecular formula is C23H19FN2O3S. The Hall–Kier alpha value is -3.29. The number of benzene rings is 3. The maximum atomic E-state index is 14.8. The number of aromatic nitrogens is 1. The summed E-state index contributed by atoms with van der Waals surface area (Å²) in [5, 5.41) is 5.40. The molecule has 0 aliphatic carbocycles. The Bertz CT molecular complexity index is 1320. The number of hydrogen-bond donors (Lipinski definition) is 1. The number of halogens is 1. The molecule has 0 amide bonds. The van der Waals surface area contributed by atoms with Crippen LogP contribution >= 0.6 is 0 Å². The predicted molar refractivity (Wildman–Crippen MR) is 113 cm³/mol. The smallest absolute Gasteiger partial charge is 0.238 e. The van der Waals surface area contributed by atoms with Gasteiger partial charge in [0.05, 0.1) is 4.90 Å². The van der Waals surface area contributed by atoms with Gasteiger partial charge in [-0.05, 0) is 42.3 Å². The SMILES string of the molecule is Cc1ccc(-c2nc(Cc3ccccc3)oc2-c2ccccc2S(N)(=O)=O)c(F)c1. The molecule has 0 unspecified atom stereocenters. The number of sulfonamides is 1. The molecule has 0 saturated carbocycles. The van der Waals surface area contributed by atoms with Gasteiger partial charge in [-0.25, -0.2) is 22.9 Å². The van der Waals surface area contributed by atoms with E-state index in [1.54, 1.807) is 37.3 Å². The lowest BCUT2D eigenvalue weighted by Crippen LogP contribution is -2.13. The molecule has 30 heavy (non-hydrogen) atoms. The van der Waals surface area contributed by atoms with E-state index in [0.717, 1.165) is 11.1 Å². The van der Waals surface area contributed by atoms with E-state index in [9.17, 15) is 12.8 Å². The maximum Gasteiger partial charge on any atom is 0.238 e. The first-order chi connectivity index (χ1) is 14.3. The molecular weight excluding hydrogens is 403 g/mol. The summed E-state index contributed by atoms with van der Waals surface area (Å²) in [6.45, 7) is 1.79. The summed E-state index contributed by atoms with van der Waals surface area (Å²) in [4.78, 5) is 4.41. The van der Waals surface area contributed by atoms with Gasteiger partial charge in [0, 0.05) is 17.5 Å². The fourth-order valence-corrected chi connectivity index (χ4v) is 4.03. The average molecular weight is 422 g/mol. The van der Waals surface area contributed by atoms with Crippen molar-refractivity contribution in [3.05, 3.63) is 95.6 Å². The minimum Gasteiger partial charge on any atom is -0.440 e. The van der Waals surface area contributed by atoms with Gasteiger partial charge in [-0.15, -0.1) is 0 Å². The zero-order valence-electron chi connectivity index (χ0n) is 16.2. The standard InChI is InChI=1S/C23H19FN2O3S/c1-15-11-12-17(19(24)13-15)22-23(18-9-5-6-10-20(18)30(25,27)28)29-21(26-22)14-16-7-3-2-4-8-16/h2-13H,14H2,1H3,(H2,25,27,28). The maximum absolute atomic E-state index is 14.8. The fourth-order valence-electron chi connectivity index (χ4n) is 3.29. The van der Waals surface area contributed by atoms with Crippen LogP contribution in [0, 0.1) is 12.7 Å².